The molecule has 0 atom stereocenters. The summed E-state index contributed by atoms with van der Waals surface area (Å²) >= 11 is 0. The molecule has 0 aromatic heterocycles. The van der Waals surface area contributed by atoms with Crippen LogP contribution in [-0.2, 0) is 0 Å². The number of hydrazine groups is 1. The predicted molar refractivity (Wildman–Crippen MR) is 70.1 cm³/mol. The molecule has 0 radical (unpaired) electrons. The quantitative estimate of drug-likeness (QED) is 0.424. The number of hydrogen-bond acceptors (Lipinski definition) is 3. The fourth-order valence-corrected chi connectivity index (χ4v) is 1.22. The molecule has 0 saturated heterocycles. The van der Waals surface area contributed by atoms with Gasteiger partial charge in [-0.3, -0.25) is 5.01 Å². The summed E-state index contributed by atoms with van der Waals surface area (Å²) in [4.78, 5) is 4.03. The molecule has 0 aromatic carbocycles. The number of rotatable bonds is 6. The molecule has 0 bridgehead atoms. The normalized spacial score (nSPS) is 17.8. The van der Waals surface area contributed by atoms with Gasteiger partial charge in [0.15, 0.2) is 0 Å². The van der Waals surface area contributed by atoms with Crippen molar-refractivity contribution in [3.63, 3.8) is 0 Å². The molecular weight excluding hydrogens is 198 g/mol. The summed E-state index contributed by atoms with van der Waals surface area (Å²) in [5.74, 6) is 1.44. The van der Waals surface area contributed by atoms with Crippen LogP contribution in [0.4, 0.5) is 0 Å². The second-order valence-electron chi connectivity index (χ2n) is 4.71. The zero-order valence-corrected chi connectivity index (χ0v) is 10.8. The lowest BCUT2D eigenvalue weighted by molar-refractivity contribution is 0.292. The molecule has 0 amide bonds. The molecule has 90 valence electrons. The van der Waals surface area contributed by atoms with Gasteiger partial charge in [0, 0.05) is 13.1 Å². The Hall–Kier alpha value is -1.09. The van der Waals surface area contributed by atoms with Gasteiger partial charge in [0.05, 0.1) is 0 Å². The maximum atomic E-state index is 4.03. The van der Waals surface area contributed by atoms with Crippen LogP contribution in [0.2, 0.25) is 0 Å². The first kappa shape index (κ1) is 13.0. The average Bonchev–Trinajstić information content (AvgIpc) is 3.02. The lowest BCUT2D eigenvalue weighted by Crippen LogP contribution is -2.34. The Morgan fingerprint density at radius 2 is 2.06 bits per heavy atom. The molecule has 0 aliphatic heterocycles. The third kappa shape index (κ3) is 4.19. The molecular formula is C13H23N3. The third-order valence-electron chi connectivity index (χ3n) is 2.87. The van der Waals surface area contributed by atoms with Gasteiger partial charge in [-0.1, -0.05) is 25.5 Å². The lowest BCUT2D eigenvalue weighted by Gasteiger charge is -2.19. The Bertz CT molecular complexity index is 298. The van der Waals surface area contributed by atoms with E-state index in [0.29, 0.717) is 12.0 Å². The van der Waals surface area contributed by atoms with E-state index in [1.54, 1.807) is 0 Å². The molecule has 1 saturated carbocycles. The van der Waals surface area contributed by atoms with Crippen molar-refractivity contribution in [3.05, 3.63) is 23.5 Å². The van der Waals surface area contributed by atoms with Crippen LogP contribution in [0.25, 0.3) is 0 Å². The van der Waals surface area contributed by atoms with E-state index >= 15 is 0 Å². The maximum absolute atomic E-state index is 4.03. The SMILES string of the molecule is C=N/C(=C\C=C(\C)C(C)C)N(C)NC1CC1. The van der Waals surface area contributed by atoms with Gasteiger partial charge in [0.1, 0.15) is 5.82 Å². The van der Waals surface area contributed by atoms with Crippen molar-refractivity contribution in [2.75, 3.05) is 7.05 Å². The molecule has 1 aliphatic rings. The third-order valence-corrected chi connectivity index (χ3v) is 2.87. The largest absolute Gasteiger partial charge is 0.295 e. The van der Waals surface area contributed by atoms with Gasteiger partial charge in [-0.25, -0.2) is 10.4 Å². The van der Waals surface area contributed by atoms with Crippen molar-refractivity contribution in [3.8, 4) is 0 Å². The summed E-state index contributed by atoms with van der Waals surface area (Å²) in [5.41, 5.74) is 4.71. The highest BCUT2D eigenvalue weighted by molar-refractivity contribution is 5.30. The molecule has 0 aromatic rings. The fourth-order valence-electron chi connectivity index (χ4n) is 1.22. The van der Waals surface area contributed by atoms with E-state index in [0.717, 1.165) is 5.82 Å². The fraction of sp³-hybridized carbons (Fsp3) is 0.615. The van der Waals surface area contributed by atoms with Gasteiger partial charge in [0.25, 0.3) is 0 Å². The Labute approximate surface area is 98.9 Å². The Kier molecular flexibility index (Phi) is 4.74. The van der Waals surface area contributed by atoms with Crippen molar-refractivity contribution >= 4 is 6.72 Å². The van der Waals surface area contributed by atoms with E-state index in [2.05, 4.69) is 44.0 Å². The summed E-state index contributed by atoms with van der Waals surface area (Å²) < 4.78 is 0. The van der Waals surface area contributed by atoms with E-state index in [1.807, 2.05) is 18.1 Å². The van der Waals surface area contributed by atoms with Crippen LogP contribution in [-0.4, -0.2) is 24.8 Å². The van der Waals surface area contributed by atoms with Crippen molar-refractivity contribution in [1.29, 1.82) is 0 Å². The molecule has 3 heteroatoms. The van der Waals surface area contributed by atoms with Crippen LogP contribution in [0.1, 0.15) is 33.6 Å². The summed E-state index contributed by atoms with van der Waals surface area (Å²) in [6, 6.07) is 0.630. The highest BCUT2D eigenvalue weighted by Crippen LogP contribution is 2.20. The van der Waals surface area contributed by atoms with Crippen LogP contribution < -0.4 is 5.43 Å². The molecule has 1 rings (SSSR count). The van der Waals surface area contributed by atoms with E-state index < -0.39 is 0 Å². The van der Waals surface area contributed by atoms with Gasteiger partial charge in [-0.15, -0.1) is 0 Å². The van der Waals surface area contributed by atoms with Crippen LogP contribution in [0.5, 0.6) is 0 Å². The van der Waals surface area contributed by atoms with Gasteiger partial charge < -0.3 is 0 Å². The summed E-state index contributed by atoms with van der Waals surface area (Å²) in [6.45, 7) is 10.1. The topological polar surface area (TPSA) is 27.6 Å². The molecule has 0 heterocycles. The highest BCUT2D eigenvalue weighted by Gasteiger charge is 2.22. The first-order chi connectivity index (χ1) is 7.54. The van der Waals surface area contributed by atoms with Crippen molar-refractivity contribution in [2.45, 2.75) is 39.7 Å². The minimum atomic E-state index is 0.573. The zero-order chi connectivity index (χ0) is 12.1. The van der Waals surface area contributed by atoms with E-state index in [9.17, 15) is 0 Å². The van der Waals surface area contributed by atoms with Gasteiger partial charge in [-0.2, -0.15) is 0 Å². The van der Waals surface area contributed by atoms with Crippen LogP contribution in [0.3, 0.4) is 0 Å². The molecule has 0 unspecified atom stereocenters. The molecule has 1 N–H and O–H groups in total. The molecule has 1 aliphatic carbocycles. The zero-order valence-electron chi connectivity index (χ0n) is 10.8. The van der Waals surface area contributed by atoms with Crippen LogP contribution in [0, 0.1) is 5.92 Å². The molecule has 0 spiro atoms. The summed E-state index contributed by atoms with van der Waals surface area (Å²) in [7, 11) is 1.98. The molecule has 16 heavy (non-hydrogen) atoms. The highest BCUT2D eigenvalue weighted by atomic mass is 15.5. The monoisotopic (exact) mass is 221 g/mol. The minimum absolute atomic E-state index is 0.573. The molecule has 1 fully saturated rings. The lowest BCUT2D eigenvalue weighted by atomic mass is 10.1. The summed E-state index contributed by atoms with van der Waals surface area (Å²) in [5, 5.41) is 1.95. The van der Waals surface area contributed by atoms with Crippen molar-refractivity contribution in [1.82, 2.24) is 10.4 Å². The number of nitrogens with zero attached hydrogens (tertiary/aromatic N) is 2. The van der Waals surface area contributed by atoms with Gasteiger partial charge in [-0.05, 0) is 38.5 Å². The second kappa shape index (κ2) is 5.85. The number of nitrogens with one attached hydrogen (secondary N) is 1. The van der Waals surface area contributed by atoms with Crippen LogP contribution >= 0.6 is 0 Å². The van der Waals surface area contributed by atoms with Crippen molar-refractivity contribution < 1.29 is 0 Å². The Balaban J connectivity index is 2.60. The maximum Gasteiger partial charge on any atom is 0.141 e. The Morgan fingerprint density at radius 1 is 1.44 bits per heavy atom. The second-order valence-corrected chi connectivity index (χ2v) is 4.71. The summed E-state index contributed by atoms with van der Waals surface area (Å²) in [6.07, 6.45) is 6.64. The predicted octanol–water partition coefficient (Wildman–Crippen LogP) is 2.73. The number of hydrogen-bond donors (Lipinski definition) is 1. The average molecular weight is 221 g/mol. The minimum Gasteiger partial charge on any atom is -0.295 e. The van der Waals surface area contributed by atoms with Gasteiger partial charge >= 0.3 is 0 Å². The van der Waals surface area contributed by atoms with E-state index in [4.69, 9.17) is 0 Å². The molecule has 3 nitrogen and oxygen atoms in total. The first-order valence-corrected chi connectivity index (χ1v) is 5.89. The van der Waals surface area contributed by atoms with Crippen molar-refractivity contribution in [2.24, 2.45) is 10.9 Å². The Morgan fingerprint density at radius 3 is 2.50 bits per heavy atom. The van der Waals surface area contributed by atoms with Crippen LogP contribution in [0.15, 0.2) is 28.5 Å². The first-order valence-electron chi connectivity index (χ1n) is 5.89. The van der Waals surface area contributed by atoms with Gasteiger partial charge in [0.2, 0.25) is 0 Å². The van der Waals surface area contributed by atoms with E-state index in [-0.39, 0.29) is 0 Å². The number of allylic oxidation sites excluding steroid dienone is 3. The standard InChI is InChI=1S/C13H23N3/c1-10(2)11(3)6-9-13(14-4)16(5)15-12-7-8-12/h6,9-10,12,15H,4,7-8H2,1-3,5H3/b11-6-,13-9+. The smallest absolute Gasteiger partial charge is 0.141 e. The number of aliphatic imine (C=N–C) groups is 1. The van der Waals surface area contributed by atoms with E-state index in [1.165, 1.54) is 18.4 Å².